The van der Waals surface area contributed by atoms with E-state index in [-0.39, 0.29) is 24.0 Å². The first-order valence-electron chi connectivity index (χ1n) is 8.97. The molecule has 27 heavy (non-hydrogen) atoms. The lowest BCUT2D eigenvalue weighted by atomic mass is 9.99. The summed E-state index contributed by atoms with van der Waals surface area (Å²) < 4.78 is 10.9. The van der Waals surface area contributed by atoms with E-state index < -0.39 is 0 Å². The molecular formula is C21H28IN3O2. The van der Waals surface area contributed by atoms with Gasteiger partial charge in [-0.1, -0.05) is 42.5 Å². The molecule has 1 aliphatic heterocycles. The number of hydrogen-bond acceptors (Lipinski definition) is 3. The van der Waals surface area contributed by atoms with Gasteiger partial charge in [0, 0.05) is 38.2 Å². The summed E-state index contributed by atoms with van der Waals surface area (Å²) in [7, 11) is 5.16. The standard InChI is InChI=1S/C21H27N3O2.HI/c1-22-21(23-14-17-10-7-11-19(25-2)20(17)26-3)24-13-12-18(15-24)16-8-5-4-6-9-16;/h4-11,18H,12-15H2,1-3H3,(H,22,23);1H. The molecule has 0 saturated carbocycles. The second-order valence-electron chi connectivity index (χ2n) is 6.40. The van der Waals surface area contributed by atoms with Crippen LogP contribution >= 0.6 is 24.0 Å². The predicted molar refractivity (Wildman–Crippen MR) is 121 cm³/mol. The summed E-state index contributed by atoms with van der Waals surface area (Å²) in [6.07, 6.45) is 1.15. The molecule has 1 unspecified atom stereocenters. The Balaban J connectivity index is 0.00000261. The minimum absolute atomic E-state index is 0. The van der Waals surface area contributed by atoms with Gasteiger partial charge in [-0.2, -0.15) is 0 Å². The molecule has 2 aromatic carbocycles. The van der Waals surface area contributed by atoms with Crippen LogP contribution in [0.3, 0.4) is 0 Å². The van der Waals surface area contributed by atoms with E-state index in [2.05, 4.69) is 45.5 Å². The Bertz CT molecular complexity index is 752. The minimum atomic E-state index is 0. The van der Waals surface area contributed by atoms with Crippen LogP contribution in [0.1, 0.15) is 23.5 Å². The second-order valence-corrected chi connectivity index (χ2v) is 6.40. The lowest BCUT2D eigenvalue weighted by molar-refractivity contribution is 0.351. The Labute approximate surface area is 178 Å². The highest BCUT2D eigenvalue weighted by molar-refractivity contribution is 14.0. The maximum Gasteiger partial charge on any atom is 0.193 e. The van der Waals surface area contributed by atoms with Crippen LogP contribution in [0.2, 0.25) is 0 Å². The molecular weight excluding hydrogens is 453 g/mol. The van der Waals surface area contributed by atoms with E-state index in [0.29, 0.717) is 12.5 Å². The number of ether oxygens (including phenoxy) is 2. The summed E-state index contributed by atoms with van der Waals surface area (Å²) in [5.41, 5.74) is 2.45. The molecule has 146 valence electrons. The van der Waals surface area contributed by atoms with Crippen LogP contribution in [-0.4, -0.2) is 45.2 Å². The van der Waals surface area contributed by atoms with Crippen molar-refractivity contribution in [2.24, 2.45) is 4.99 Å². The molecule has 1 saturated heterocycles. The maximum atomic E-state index is 5.52. The molecule has 0 aromatic heterocycles. The van der Waals surface area contributed by atoms with Gasteiger partial charge >= 0.3 is 0 Å². The number of methoxy groups -OCH3 is 2. The van der Waals surface area contributed by atoms with E-state index in [1.807, 2.05) is 25.2 Å². The Morgan fingerprint density at radius 2 is 1.89 bits per heavy atom. The number of guanidine groups is 1. The first-order chi connectivity index (χ1) is 12.8. The zero-order chi connectivity index (χ0) is 18.4. The summed E-state index contributed by atoms with van der Waals surface area (Å²) in [6, 6.07) is 16.6. The van der Waals surface area contributed by atoms with E-state index >= 15 is 0 Å². The molecule has 1 N–H and O–H groups in total. The number of rotatable bonds is 5. The van der Waals surface area contributed by atoms with E-state index in [4.69, 9.17) is 9.47 Å². The van der Waals surface area contributed by atoms with Gasteiger partial charge in [-0.15, -0.1) is 24.0 Å². The van der Waals surface area contributed by atoms with Gasteiger partial charge in [-0.3, -0.25) is 4.99 Å². The largest absolute Gasteiger partial charge is 0.493 e. The monoisotopic (exact) mass is 481 g/mol. The molecule has 1 atom stereocenters. The number of halogens is 1. The first-order valence-corrected chi connectivity index (χ1v) is 8.97. The smallest absolute Gasteiger partial charge is 0.193 e. The lowest BCUT2D eigenvalue weighted by Crippen LogP contribution is -2.39. The minimum Gasteiger partial charge on any atom is -0.493 e. The third-order valence-electron chi connectivity index (χ3n) is 4.89. The van der Waals surface area contributed by atoms with E-state index in [0.717, 1.165) is 42.5 Å². The number of nitrogens with zero attached hydrogens (tertiary/aromatic N) is 2. The zero-order valence-electron chi connectivity index (χ0n) is 16.1. The lowest BCUT2D eigenvalue weighted by Gasteiger charge is -2.22. The van der Waals surface area contributed by atoms with Crippen molar-refractivity contribution in [3.05, 3.63) is 59.7 Å². The van der Waals surface area contributed by atoms with Crippen LogP contribution in [0.4, 0.5) is 0 Å². The molecule has 6 heteroatoms. The number of benzene rings is 2. The van der Waals surface area contributed by atoms with Crippen LogP contribution in [-0.2, 0) is 6.54 Å². The molecule has 0 bridgehead atoms. The topological polar surface area (TPSA) is 46.1 Å². The van der Waals surface area contributed by atoms with Crippen LogP contribution in [0.5, 0.6) is 11.5 Å². The summed E-state index contributed by atoms with van der Waals surface area (Å²) in [5, 5.41) is 3.47. The average Bonchev–Trinajstić information content (AvgIpc) is 3.19. The fourth-order valence-corrected chi connectivity index (χ4v) is 3.55. The van der Waals surface area contributed by atoms with Crippen molar-refractivity contribution in [2.75, 3.05) is 34.4 Å². The van der Waals surface area contributed by atoms with Gasteiger partial charge in [0.15, 0.2) is 17.5 Å². The quantitative estimate of drug-likeness (QED) is 0.400. The van der Waals surface area contributed by atoms with Crippen LogP contribution in [0.25, 0.3) is 0 Å². The average molecular weight is 481 g/mol. The fourth-order valence-electron chi connectivity index (χ4n) is 3.55. The van der Waals surface area contributed by atoms with Crippen molar-refractivity contribution in [1.82, 2.24) is 10.2 Å². The van der Waals surface area contributed by atoms with Crippen molar-refractivity contribution in [1.29, 1.82) is 0 Å². The van der Waals surface area contributed by atoms with Gasteiger partial charge in [-0.25, -0.2) is 0 Å². The van der Waals surface area contributed by atoms with Crippen molar-refractivity contribution in [3.63, 3.8) is 0 Å². The van der Waals surface area contributed by atoms with Crippen LogP contribution in [0.15, 0.2) is 53.5 Å². The predicted octanol–water partition coefficient (Wildman–Crippen LogP) is 3.89. The molecule has 0 amide bonds. The summed E-state index contributed by atoms with van der Waals surface area (Å²) in [5.74, 6) is 2.99. The molecule has 1 fully saturated rings. The Hall–Kier alpha value is -1.96. The summed E-state index contributed by atoms with van der Waals surface area (Å²) in [4.78, 5) is 6.79. The van der Waals surface area contributed by atoms with Gasteiger partial charge in [-0.05, 0) is 18.1 Å². The SMILES string of the molecule is CN=C(NCc1cccc(OC)c1OC)N1CCC(c2ccccc2)C1.I. The van der Waals surface area contributed by atoms with Crippen LogP contribution < -0.4 is 14.8 Å². The molecule has 5 nitrogen and oxygen atoms in total. The molecule has 1 heterocycles. The summed E-state index contributed by atoms with van der Waals surface area (Å²) >= 11 is 0. The number of likely N-dealkylation sites (tertiary alicyclic amines) is 1. The zero-order valence-corrected chi connectivity index (χ0v) is 18.5. The van der Waals surface area contributed by atoms with E-state index in [1.165, 1.54) is 5.56 Å². The van der Waals surface area contributed by atoms with Crippen molar-refractivity contribution in [3.8, 4) is 11.5 Å². The third-order valence-corrected chi connectivity index (χ3v) is 4.89. The molecule has 0 radical (unpaired) electrons. The van der Waals surface area contributed by atoms with Gasteiger partial charge in [0.2, 0.25) is 0 Å². The Morgan fingerprint density at radius 3 is 2.56 bits per heavy atom. The highest BCUT2D eigenvalue weighted by Crippen LogP contribution is 2.31. The Morgan fingerprint density at radius 1 is 1.11 bits per heavy atom. The number of hydrogen-bond donors (Lipinski definition) is 1. The summed E-state index contributed by atoms with van der Waals surface area (Å²) in [6.45, 7) is 2.63. The van der Waals surface area contributed by atoms with Crippen molar-refractivity contribution >= 4 is 29.9 Å². The Kier molecular flexibility index (Phi) is 8.22. The van der Waals surface area contributed by atoms with E-state index in [9.17, 15) is 0 Å². The van der Waals surface area contributed by atoms with Crippen LogP contribution in [0, 0.1) is 0 Å². The molecule has 1 aliphatic rings. The molecule has 2 aromatic rings. The highest BCUT2D eigenvalue weighted by atomic mass is 127. The first kappa shape index (κ1) is 21.3. The molecule has 0 aliphatic carbocycles. The van der Waals surface area contributed by atoms with E-state index in [1.54, 1.807) is 14.2 Å². The van der Waals surface area contributed by atoms with Gasteiger partial charge in [0.1, 0.15) is 0 Å². The molecule has 3 rings (SSSR count). The van der Waals surface area contributed by atoms with Crippen molar-refractivity contribution < 1.29 is 9.47 Å². The second kappa shape index (κ2) is 10.4. The van der Waals surface area contributed by atoms with Gasteiger partial charge in [0.05, 0.1) is 14.2 Å². The number of aliphatic imine (C=N–C) groups is 1. The normalized spacial score (nSPS) is 16.6. The number of para-hydroxylation sites is 1. The fraction of sp³-hybridized carbons (Fsp3) is 0.381. The number of nitrogens with one attached hydrogen (secondary N) is 1. The van der Waals surface area contributed by atoms with Gasteiger partial charge < -0.3 is 19.7 Å². The van der Waals surface area contributed by atoms with Gasteiger partial charge in [0.25, 0.3) is 0 Å². The van der Waals surface area contributed by atoms with Crippen molar-refractivity contribution in [2.45, 2.75) is 18.9 Å². The highest BCUT2D eigenvalue weighted by Gasteiger charge is 2.26. The maximum absolute atomic E-state index is 5.52. The molecule has 0 spiro atoms. The third kappa shape index (κ3) is 5.06.